The van der Waals surface area contributed by atoms with Crippen molar-refractivity contribution in [2.24, 2.45) is 5.92 Å². The molecule has 0 amide bonds. The Bertz CT molecular complexity index is 3010. The number of nitrogens with zero attached hydrogens (tertiary/aromatic N) is 3. The normalized spacial score (nSPS) is 11.7. The van der Waals surface area contributed by atoms with Gasteiger partial charge in [0.05, 0.1) is 16.9 Å². The van der Waals surface area contributed by atoms with E-state index in [1.54, 1.807) is 15.7 Å². The largest absolute Gasteiger partial charge is 0.333 e. The summed E-state index contributed by atoms with van der Waals surface area (Å²) in [6.07, 6.45) is 3.27. The van der Waals surface area contributed by atoms with Crippen molar-refractivity contribution >= 4 is 50.1 Å². The molecule has 0 aliphatic rings. The van der Waals surface area contributed by atoms with Crippen LogP contribution in [-0.2, 0) is 26.5 Å². The first kappa shape index (κ1) is 48.0. The number of para-hydroxylation sites is 2. The molecule has 3 nitrogen and oxygen atoms in total. The van der Waals surface area contributed by atoms with Crippen LogP contribution in [0.3, 0.4) is 0 Å². The third kappa shape index (κ3) is 10.2. The van der Waals surface area contributed by atoms with E-state index in [9.17, 15) is 0 Å². The van der Waals surface area contributed by atoms with Gasteiger partial charge in [-0.05, 0) is 94.5 Å². The van der Waals surface area contributed by atoms with Gasteiger partial charge in [0, 0.05) is 25.8 Å². The molecule has 0 spiro atoms. The van der Waals surface area contributed by atoms with E-state index in [1.807, 2.05) is 18.2 Å². The van der Waals surface area contributed by atoms with E-state index in [0.717, 1.165) is 40.1 Å². The Morgan fingerprint density at radius 1 is 0.677 bits per heavy atom. The van der Waals surface area contributed by atoms with Crippen molar-refractivity contribution in [3.8, 4) is 50.6 Å². The van der Waals surface area contributed by atoms with Gasteiger partial charge in [0.2, 0.25) is 0 Å². The van der Waals surface area contributed by atoms with Crippen LogP contribution in [-0.4, -0.2) is 27.8 Å². The topological polar surface area (TPSA) is 30.7 Å². The molecule has 0 atom stereocenters. The van der Waals surface area contributed by atoms with Gasteiger partial charge in [0.1, 0.15) is 0 Å². The maximum Gasteiger partial charge on any atom is 0.0774 e. The van der Waals surface area contributed by atoms with Gasteiger partial charge in [0.25, 0.3) is 0 Å². The predicted octanol–water partition coefficient (Wildman–Crippen LogP) is 16.2. The molecular formula is C59H61GeIrN3S-2. The second-order valence-electron chi connectivity index (χ2n) is 19.3. The molecule has 0 aliphatic carbocycles. The van der Waals surface area contributed by atoms with Gasteiger partial charge in [-0.15, -0.1) is 11.5 Å². The van der Waals surface area contributed by atoms with Crippen LogP contribution < -0.4 is 4.40 Å². The smallest absolute Gasteiger partial charge is 0.0774 e. The molecule has 0 fully saturated rings. The number of rotatable bonds is 10. The number of aryl methyl sites for hydroxylation is 2. The first-order valence-electron chi connectivity index (χ1n) is 22.9. The van der Waals surface area contributed by atoms with Crippen molar-refractivity contribution in [1.29, 1.82) is 0 Å². The van der Waals surface area contributed by atoms with Crippen molar-refractivity contribution in [2.75, 3.05) is 0 Å². The average Bonchev–Trinajstić information content (AvgIpc) is 3.87. The van der Waals surface area contributed by atoms with Gasteiger partial charge in [-0.2, -0.15) is 0 Å². The van der Waals surface area contributed by atoms with Crippen molar-refractivity contribution in [2.45, 2.75) is 90.9 Å². The van der Waals surface area contributed by atoms with Crippen LogP contribution in [0, 0.1) is 31.2 Å². The van der Waals surface area contributed by atoms with Crippen molar-refractivity contribution in [3.05, 3.63) is 179 Å². The van der Waals surface area contributed by atoms with E-state index >= 15 is 0 Å². The number of hydrogen-bond acceptors (Lipinski definition) is 3. The minimum atomic E-state index is -1.86. The Balaban J connectivity index is 0.000000253. The summed E-state index contributed by atoms with van der Waals surface area (Å²) >= 11 is -0.173. The Morgan fingerprint density at radius 3 is 1.97 bits per heavy atom. The van der Waals surface area contributed by atoms with Crippen molar-refractivity contribution in [3.63, 3.8) is 0 Å². The van der Waals surface area contributed by atoms with Crippen LogP contribution in [0.15, 0.2) is 140 Å². The fourth-order valence-electron chi connectivity index (χ4n) is 9.08. The van der Waals surface area contributed by atoms with Gasteiger partial charge >= 0.3 is 126 Å². The molecule has 0 aliphatic heterocycles. The molecule has 333 valence electrons. The van der Waals surface area contributed by atoms with Crippen LogP contribution in [0.25, 0.3) is 71.7 Å². The minimum absolute atomic E-state index is 0. The molecule has 3 aromatic heterocycles. The monoisotopic (exact) mass is 1110 g/mol. The maximum atomic E-state index is 5.31. The molecule has 0 N–H and O–H groups in total. The molecule has 65 heavy (non-hydrogen) atoms. The number of pyridine rings is 1. The summed E-state index contributed by atoms with van der Waals surface area (Å²) in [6.45, 7) is 18.2. The first-order chi connectivity index (χ1) is 30.7. The van der Waals surface area contributed by atoms with Crippen molar-refractivity contribution in [1.82, 2.24) is 14.5 Å². The second-order valence-corrected chi connectivity index (χ2v) is 30.8. The second kappa shape index (κ2) is 20.3. The maximum absolute atomic E-state index is 5.31. The van der Waals surface area contributed by atoms with E-state index in [2.05, 4.69) is 210 Å². The quantitative estimate of drug-likeness (QED) is 0.101. The van der Waals surface area contributed by atoms with E-state index < -0.39 is 13.3 Å². The number of fused-ring (bicyclic) bond motifs is 2. The first-order valence-corrected chi connectivity index (χ1v) is 31.0. The fourth-order valence-corrected chi connectivity index (χ4v) is 13.3. The third-order valence-electron chi connectivity index (χ3n) is 12.2. The SMILES string of the molecule is CC(C)Cc1cc(-c2[c-]cccc2)nc[c]1[Ge]([CH3])([CH3])[CH3].Cc1cccc(C)c1-c1ccc2c(-c3nc4ccccc4n3-c3c(C(C)C)cc(-c4ccccc4)cc3C(C)C)[c-]sc2c1.[Ir]. The standard InChI is InChI=1S/C41H37N2S.C18H24GeN.Ir/c1-25(2)33-21-31(29-15-8-7-9-16-29)22-34(26(3)4)40(33)43-37-18-11-10-17-36(37)42-41(43)35-24-44-38-23-30(19-20-32(35)38)39-27(5)13-12-14-28(39)6;1-14(2)11-16-12-18(15-9-7-6-8-10-15)20-13-17(16)19(3,4)5;/h7-23,25-26H,1-6H3;6-9,12-14H,11H2,1-5H3;/q2*-1;. The number of hydrogen-bond donors (Lipinski definition) is 0. The predicted molar refractivity (Wildman–Crippen MR) is 279 cm³/mol. The number of imidazole rings is 1. The average molecular weight is 1110 g/mol. The minimum Gasteiger partial charge on any atom is -0.333 e. The van der Waals surface area contributed by atoms with Crippen LogP contribution in [0.2, 0.25) is 17.3 Å². The van der Waals surface area contributed by atoms with Gasteiger partial charge in [-0.25, -0.2) is 0 Å². The summed E-state index contributed by atoms with van der Waals surface area (Å²) in [5.41, 5.74) is 18.4. The molecule has 1 radical (unpaired) electrons. The van der Waals surface area contributed by atoms with Gasteiger partial charge < -0.3 is 4.57 Å². The molecule has 9 aromatic rings. The Labute approximate surface area is 408 Å². The molecule has 6 heteroatoms. The molecule has 0 saturated carbocycles. The molecule has 9 rings (SSSR count). The van der Waals surface area contributed by atoms with E-state index in [0.29, 0.717) is 17.8 Å². The zero-order valence-corrected chi connectivity index (χ0v) is 45.1. The van der Waals surface area contributed by atoms with E-state index in [4.69, 9.17) is 9.97 Å². The molecule has 0 unspecified atom stereocenters. The zero-order valence-electron chi connectivity index (χ0n) is 39.8. The van der Waals surface area contributed by atoms with Gasteiger partial charge in [-0.1, -0.05) is 116 Å². The molecule has 0 bridgehead atoms. The van der Waals surface area contributed by atoms with Crippen LogP contribution in [0.5, 0.6) is 0 Å². The Hall–Kier alpha value is -4.91. The number of benzene rings is 6. The van der Waals surface area contributed by atoms with Crippen LogP contribution in [0.4, 0.5) is 0 Å². The molecular weight excluding hydrogens is 1050 g/mol. The summed E-state index contributed by atoms with van der Waals surface area (Å²) in [5.74, 6) is 9.59. The fraction of sp³-hybridized carbons (Fsp3) is 0.254. The summed E-state index contributed by atoms with van der Waals surface area (Å²) < 4.78 is 5.19. The summed E-state index contributed by atoms with van der Waals surface area (Å²) in [6, 6.07) is 51.1. The third-order valence-corrected chi connectivity index (χ3v) is 17.4. The molecule has 0 saturated heterocycles. The van der Waals surface area contributed by atoms with E-state index in [1.165, 1.54) is 65.8 Å². The zero-order chi connectivity index (χ0) is 45.3. The number of aromatic nitrogens is 3. The summed E-state index contributed by atoms with van der Waals surface area (Å²) in [7, 11) is 0. The Kier molecular flexibility index (Phi) is 15.0. The molecule has 6 aromatic carbocycles. The van der Waals surface area contributed by atoms with E-state index in [-0.39, 0.29) is 20.1 Å². The van der Waals surface area contributed by atoms with Crippen LogP contribution in [0.1, 0.15) is 81.2 Å². The molecule has 3 heterocycles. The van der Waals surface area contributed by atoms with Crippen molar-refractivity contribution < 1.29 is 20.1 Å². The Morgan fingerprint density at radius 2 is 1.34 bits per heavy atom. The van der Waals surface area contributed by atoms with Gasteiger partial charge in [0.15, 0.2) is 0 Å². The van der Waals surface area contributed by atoms with Gasteiger partial charge in [-0.3, -0.25) is 16.3 Å². The summed E-state index contributed by atoms with van der Waals surface area (Å²) in [5, 5.41) is 4.90. The summed E-state index contributed by atoms with van der Waals surface area (Å²) in [4.78, 5) is 10.0. The van der Waals surface area contributed by atoms with Crippen LogP contribution >= 0.6 is 11.3 Å². The number of thiophene rings is 1.